The number of anilines is 1. The van der Waals surface area contributed by atoms with Crippen molar-refractivity contribution in [3.05, 3.63) is 66.6 Å². The van der Waals surface area contributed by atoms with E-state index in [9.17, 15) is 15.3 Å². The van der Waals surface area contributed by atoms with Gasteiger partial charge in [0, 0.05) is 11.8 Å². The number of nitrogens with two attached hydrogens (primary N) is 1. The second-order valence-corrected chi connectivity index (χ2v) is 6.66. The van der Waals surface area contributed by atoms with E-state index in [1.807, 2.05) is 29.0 Å². The number of nitrogens with zero attached hydrogens (tertiary/aromatic N) is 3. The third kappa shape index (κ3) is 3.23. The summed E-state index contributed by atoms with van der Waals surface area (Å²) in [5.41, 5.74) is 9.29. The van der Waals surface area contributed by atoms with Gasteiger partial charge in [0.25, 0.3) is 0 Å². The van der Waals surface area contributed by atoms with E-state index in [1.165, 1.54) is 6.33 Å². The molecule has 0 bridgehead atoms. The fourth-order valence-electron chi connectivity index (χ4n) is 3.43. The second kappa shape index (κ2) is 7.21. The summed E-state index contributed by atoms with van der Waals surface area (Å²) < 4.78 is 1.89. The first-order valence-electron chi connectivity index (χ1n) is 8.86. The van der Waals surface area contributed by atoms with E-state index in [2.05, 4.69) is 9.97 Å². The van der Waals surface area contributed by atoms with Gasteiger partial charge in [0.05, 0.1) is 18.0 Å². The number of phenols is 2. The van der Waals surface area contributed by atoms with Gasteiger partial charge in [-0.25, -0.2) is 9.97 Å². The smallest absolute Gasteiger partial charge is 0.146 e. The molecule has 5 N–H and O–H groups in total. The van der Waals surface area contributed by atoms with Crippen molar-refractivity contribution in [2.75, 3.05) is 12.3 Å². The zero-order valence-electron chi connectivity index (χ0n) is 15.0. The summed E-state index contributed by atoms with van der Waals surface area (Å²) >= 11 is 0. The first kappa shape index (κ1) is 17.8. The molecule has 0 aliphatic rings. The number of nitrogen functional groups attached to an aromatic ring is 1. The molecule has 7 nitrogen and oxygen atoms in total. The average molecular weight is 376 g/mol. The molecule has 7 heteroatoms. The Hall–Kier alpha value is -3.58. The van der Waals surface area contributed by atoms with Crippen LogP contribution in [0.3, 0.4) is 0 Å². The maximum absolute atomic E-state index is 10.1. The highest BCUT2D eigenvalue weighted by Crippen LogP contribution is 2.35. The van der Waals surface area contributed by atoms with Crippen LogP contribution in [0.25, 0.3) is 22.2 Å². The first-order valence-corrected chi connectivity index (χ1v) is 8.86. The fraction of sp³-hybridized carbons (Fsp3) is 0.143. The van der Waals surface area contributed by atoms with Crippen molar-refractivity contribution in [2.24, 2.45) is 0 Å². The molecule has 0 saturated carbocycles. The molecule has 0 saturated heterocycles. The Morgan fingerprint density at radius 3 is 2.50 bits per heavy atom. The van der Waals surface area contributed by atoms with Gasteiger partial charge in [-0.3, -0.25) is 0 Å². The summed E-state index contributed by atoms with van der Waals surface area (Å²) in [6.07, 6.45) is 3.82. The lowest BCUT2D eigenvalue weighted by Gasteiger charge is -2.17. The number of aliphatic hydroxyl groups excluding tert-OH is 1. The highest BCUT2D eigenvalue weighted by molar-refractivity contribution is 6.00. The lowest BCUT2D eigenvalue weighted by Crippen LogP contribution is -2.15. The molecule has 142 valence electrons. The van der Waals surface area contributed by atoms with Gasteiger partial charge in [-0.2, -0.15) is 0 Å². The molecule has 2 aromatic carbocycles. The Labute approximate surface area is 161 Å². The minimum atomic E-state index is -0.285. The predicted octanol–water partition coefficient (Wildman–Crippen LogP) is 2.87. The van der Waals surface area contributed by atoms with Crippen molar-refractivity contribution >= 4 is 16.9 Å². The number of aromatic nitrogens is 3. The van der Waals surface area contributed by atoms with Crippen molar-refractivity contribution in [3.8, 4) is 22.6 Å². The third-order valence-corrected chi connectivity index (χ3v) is 4.81. The van der Waals surface area contributed by atoms with Crippen LogP contribution in [0.1, 0.15) is 11.6 Å². The Bertz CT molecular complexity index is 1120. The highest BCUT2D eigenvalue weighted by Gasteiger charge is 2.20. The van der Waals surface area contributed by atoms with Crippen molar-refractivity contribution in [2.45, 2.75) is 12.5 Å². The maximum atomic E-state index is 10.1. The minimum absolute atomic E-state index is 0.103. The molecule has 4 rings (SSSR count). The lowest BCUT2D eigenvalue weighted by atomic mass is 10.1. The normalized spacial score (nSPS) is 12.3. The topological polar surface area (TPSA) is 117 Å². The van der Waals surface area contributed by atoms with E-state index in [4.69, 9.17) is 5.73 Å². The Balaban J connectivity index is 1.84. The average Bonchev–Trinajstić information content (AvgIpc) is 3.08. The third-order valence-electron chi connectivity index (χ3n) is 4.81. The van der Waals surface area contributed by atoms with Crippen LogP contribution < -0.4 is 5.73 Å². The Morgan fingerprint density at radius 1 is 1.00 bits per heavy atom. The predicted molar refractivity (Wildman–Crippen MR) is 107 cm³/mol. The van der Waals surface area contributed by atoms with Crippen molar-refractivity contribution in [1.29, 1.82) is 0 Å². The first-order chi connectivity index (χ1) is 13.6. The molecule has 0 radical (unpaired) electrons. The van der Waals surface area contributed by atoms with Crippen molar-refractivity contribution < 1.29 is 15.3 Å². The van der Waals surface area contributed by atoms with Crippen molar-refractivity contribution in [1.82, 2.24) is 14.5 Å². The van der Waals surface area contributed by atoms with Crippen molar-refractivity contribution in [3.63, 3.8) is 0 Å². The van der Waals surface area contributed by atoms with Gasteiger partial charge in [-0.1, -0.05) is 24.3 Å². The van der Waals surface area contributed by atoms with Gasteiger partial charge in [0.15, 0.2) is 0 Å². The van der Waals surface area contributed by atoms with Gasteiger partial charge in [0.2, 0.25) is 0 Å². The number of phenolic OH excluding ortho intramolecular Hbond substituents is 2. The second-order valence-electron chi connectivity index (χ2n) is 6.66. The number of aliphatic hydroxyl groups is 1. The molecule has 0 aliphatic carbocycles. The summed E-state index contributed by atoms with van der Waals surface area (Å²) in [4.78, 5) is 8.50. The largest absolute Gasteiger partial charge is 0.508 e. The van der Waals surface area contributed by atoms with Crippen LogP contribution >= 0.6 is 0 Å². The summed E-state index contributed by atoms with van der Waals surface area (Å²) in [5.74, 6) is 0.683. The molecule has 2 aromatic heterocycles. The lowest BCUT2D eigenvalue weighted by molar-refractivity contribution is 0.230. The number of aromatic hydroxyl groups is 2. The molecule has 4 aromatic rings. The van der Waals surface area contributed by atoms with E-state index in [1.54, 1.807) is 30.3 Å². The van der Waals surface area contributed by atoms with Crippen LogP contribution in [0.2, 0.25) is 0 Å². The monoisotopic (exact) mass is 376 g/mol. The standard InChI is InChI=1S/C21H20N4O3/c22-20-19-18(14-2-1-3-17(28)9-14)10-25(21(19)24-12-23-20)15(11-26)8-13-4-6-16(27)7-5-13/h1-7,9-10,12,15,26-28H,8,11H2,(H2,22,23,24). The molecule has 2 heterocycles. The summed E-state index contributed by atoms with van der Waals surface area (Å²) in [7, 11) is 0. The zero-order chi connectivity index (χ0) is 19.7. The minimum Gasteiger partial charge on any atom is -0.508 e. The molecule has 0 amide bonds. The van der Waals surface area contributed by atoms with Gasteiger partial charge in [-0.05, 0) is 41.8 Å². The Morgan fingerprint density at radius 2 is 1.79 bits per heavy atom. The van der Waals surface area contributed by atoms with Crippen LogP contribution in [-0.4, -0.2) is 36.5 Å². The molecule has 28 heavy (non-hydrogen) atoms. The number of benzene rings is 2. The van der Waals surface area contributed by atoms with E-state index in [-0.39, 0.29) is 24.1 Å². The summed E-state index contributed by atoms with van der Waals surface area (Å²) in [5, 5.41) is 30.1. The van der Waals surface area contributed by atoms with E-state index in [0.29, 0.717) is 23.3 Å². The SMILES string of the molecule is Nc1ncnc2c1c(-c1cccc(O)c1)cn2C(CO)Cc1ccc(O)cc1. The van der Waals surface area contributed by atoms with Crippen LogP contribution in [0, 0.1) is 0 Å². The van der Waals surface area contributed by atoms with Gasteiger partial charge in [-0.15, -0.1) is 0 Å². The zero-order valence-corrected chi connectivity index (χ0v) is 15.0. The molecule has 0 spiro atoms. The van der Waals surface area contributed by atoms with E-state index in [0.717, 1.165) is 16.7 Å². The van der Waals surface area contributed by atoms with Crippen LogP contribution in [0.4, 0.5) is 5.82 Å². The van der Waals surface area contributed by atoms with E-state index < -0.39 is 0 Å². The molecule has 1 unspecified atom stereocenters. The number of rotatable bonds is 5. The maximum Gasteiger partial charge on any atom is 0.146 e. The Kier molecular flexibility index (Phi) is 4.58. The number of hydrogen-bond acceptors (Lipinski definition) is 6. The quantitative estimate of drug-likeness (QED) is 0.425. The fourth-order valence-corrected chi connectivity index (χ4v) is 3.43. The van der Waals surface area contributed by atoms with Crippen LogP contribution in [0.5, 0.6) is 11.5 Å². The number of fused-ring (bicyclic) bond motifs is 1. The summed E-state index contributed by atoms with van der Waals surface area (Å²) in [6.45, 7) is -0.103. The molecular weight excluding hydrogens is 356 g/mol. The van der Waals surface area contributed by atoms with Crippen LogP contribution in [-0.2, 0) is 6.42 Å². The molecular formula is C21H20N4O3. The van der Waals surface area contributed by atoms with Crippen LogP contribution in [0.15, 0.2) is 61.1 Å². The van der Waals surface area contributed by atoms with Gasteiger partial charge < -0.3 is 25.6 Å². The van der Waals surface area contributed by atoms with Gasteiger partial charge >= 0.3 is 0 Å². The molecule has 0 fully saturated rings. The molecule has 0 aliphatic heterocycles. The molecule has 1 atom stereocenters. The van der Waals surface area contributed by atoms with E-state index >= 15 is 0 Å². The van der Waals surface area contributed by atoms with Gasteiger partial charge in [0.1, 0.15) is 29.3 Å². The highest BCUT2D eigenvalue weighted by atomic mass is 16.3. The summed E-state index contributed by atoms with van der Waals surface area (Å²) in [6, 6.07) is 13.5. The number of hydrogen-bond donors (Lipinski definition) is 4.